The highest BCUT2D eigenvalue weighted by Crippen LogP contribution is 2.32. The smallest absolute Gasteiger partial charge is 0.134 e. The van der Waals surface area contributed by atoms with Crippen LogP contribution in [-0.2, 0) is 12.0 Å². The highest BCUT2D eigenvalue weighted by Gasteiger charge is 2.20. The number of nitrogens with one attached hydrogen (secondary N) is 1. The third kappa shape index (κ3) is 2.90. The molecule has 2 aromatic rings. The van der Waals surface area contributed by atoms with Gasteiger partial charge in [-0.25, -0.2) is 0 Å². The van der Waals surface area contributed by atoms with E-state index in [1.807, 2.05) is 0 Å². The van der Waals surface area contributed by atoms with Crippen LogP contribution in [0.4, 0.5) is 0 Å². The Hall–Kier alpha value is -1.28. The Balaban J connectivity index is 2.40. The first kappa shape index (κ1) is 15.1. The number of hydrogen-bond acceptors (Lipinski definition) is 2. The molecule has 0 radical (unpaired) electrons. The fraction of sp³-hybridized carbons (Fsp3) is 0.556. The molecule has 0 unspecified atom stereocenters. The van der Waals surface area contributed by atoms with Crippen molar-refractivity contribution in [1.29, 1.82) is 0 Å². The summed E-state index contributed by atoms with van der Waals surface area (Å²) in [7, 11) is 0. The standard InChI is InChI=1S/C18H27NO/c1-7-18(5,6)14-8-9-16-15(10-14)13(4)17(20-16)11-19-12(2)3/h8-10,12,19H,7,11H2,1-6H3. The highest BCUT2D eigenvalue weighted by atomic mass is 16.3. The van der Waals surface area contributed by atoms with Gasteiger partial charge in [0.2, 0.25) is 0 Å². The maximum Gasteiger partial charge on any atom is 0.134 e. The van der Waals surface area contributed by atoms with Crippen LogP contribution < -0.4 is 5.32 Å². The average molecular weight is 273 g/mol. The Bertz CT molecular complexity index is 593. The van der Waals surface area contributed by atoms with Crippen molar-refractivity contribution in [1.82, 2.24) is 5.32 Å². The summed E-state index contributed by atoms with van der Waals surface area (Å²) in [6, 6.07) is 7.09. The minimum atomic E-state index is 0.217. The third-order valence-electron chi connectivity index (χ3n) is 4.37. The molecule has 1 aromatic carbocycles. The SMILES string of the molecule is CCC(C)(C)c1ccc2oc(CNC(C)C)c(C)c2c1. The lowest BCUT2D eigenvalue weighted by Gasteiger charge is -2.23. The molecule has 0 fully saturated rings. The van der Waals surface area contributed by atoms with Crippen molar-refractivity contribution in [3.63, 3.8) is 0 Å². The molecule has 0 atom stereocenters. The van der Waals surface area contributed by atoms with Crippen LogP contribution in [0.5, 0.6) is 0 Å². The number of benzene rings is 1. The highest BCUT2D eigenvalue weighted by molar-refractivity contribution is 5.83. The van der Waals surface area contributed by atoms with Crippen molar-refractivity contribution in [3.05, 3.63) is 35.1 Å². The van der Waals surface area contributed by atoms with Crippen LogP contribution in [0, 0.1) is 6.92 Å². The topological polar surface area (TPSA) is 25.2 Å². The second-order valence-electron chi connectivity index (χ2n) is 6.63. The zero-order valence-electron chi connectivity index (χ0n) is 13.6. The van der Waals surface area contributed by atoms with Gasteiger partial charge >= 0.3 is 0 Å². The zero-order valence-corrected chi connectivity index (χ0v) is 13.6. The fourth-order valence-corrected chi connectivity index (χ4v) is 2.36. The van der Waals surface area contributed by atoms with E-state index in [-0.39, 0.29) is 5.41 Å². The van der Waals surface area contributed by atoms with Crippen LogP contribution in [0.15, 0.2) is 22.6 Å². The first-order chi connectivity index (χ1) is 9.35. The summed E-state index contributed by atoms with van der Waals surface area (Å²) in [4.78, 5) is 0. The first-order valence-corrected chi connectivity index (χ1v) is 7.61. The van der Waals surface area contributed by atoms with Gasteiger partial charge in [-0.2, -0.15) is 0 Å². The Morgan fingerprint density at radius 1 is 1.25 bits per heavy atom. The molecule has 1 N–H and O–H groups in total. The summed E-state index contributed by atoms with van der Waals surface area (Å²) in [5.41, 5.74) is 3.87. The van der Waals surface area contributed by atoms with E-state index in [2.05, 4.69) is 65.1 Å². The molecule has 0 aliphatic heterocycles. The molecule has 2 rings (SSSR count). The average Bonchev–Trinajstić information content (AvgIpc) is 2.73. The normalized spacial score (nSPS) is 12.6. The molecule has 0 saturated carbocycles. The summed E-state index contributed by atoms with van der Waals surface area (Å²) >= 11 is 0. The molecule has 0 aliphatic rings. The molecule has 0 saturated heterocycles. The number of furan rings is 1. The largest absolute Gasteiger partial charge is 0.459 e. The lowest BCUT2D eigenvalue weighted by molar-refractivity contribution is 0.485. The lowest BCUT2D eigenvalue weighted by Crippen LogP contribution is -2.21. The van der Waals surface area contributed by atoms with Gasteiger partial charge in [0.05, 0.1) is 6.54 Å². The molecule has 1 heterocycles. The Morgan fingerprint density at radius 3 is 2.55 bits per heavy atom. The van der Waals surface area contributed by atoms with Crippen molar-refractivity contribution in [2.45, 2.75) is 66.0 Å². The maximum absolute atomic E-state index is 5.99. The van der Waals surface area contributed by atoms with Gasteiger partial charge in [-0.05, 0) is 42.0 Å². The summed E-state index contributed by atoms with van der Waals surface area (Å²) < 4.78 is 5.99. The molecular formula is C18H27NO. The molecular weight excluding hydrogens is 246 g/mol. The molecule has 110 valence electrons. The van der Waals surface area contributed by atoms with E-state index in [0.717, 1.165) is 24.3 Å². The Morgan fingerprint density at radius 2 is 1.95 bits per heavy atom. The minimum absolute atomic E-state index is 0.217. The molecule has 2 heteroatoms. The number of hydrogen-bond donors (Lipinski definition) is 1. The van der Waals surface area contributed by atoms with Crippen molar-refractivity contribution in [2.24, 2.45) is 0 Å². The summed E-state index contributed by atoms with van der Waals surface area (Å²) in [5, 5.41) is 4.68. The van der Waals surface area contributed by atoms with Crippen molar-refractivity contribution in [2.75, 3.05) is 0 Å². The van der Waals surface area contributed by atoms with Gasteiger partial charge in [0.1, 0.15) is 11.3 Å². The summed E-state index contributed by atoms with van der Waals surface area (Å²) in [5.74, 6) is 1.06. The quantitative estimate of drug-likeness (QED) is 0.836. The number of rotatable bonds is 5. The van der Waals surface area contributed by atoms with Crippen LogP contribution in [0.1, 0.15) is 57.9 Å². The van der Waals surface area contributed by atoms with Gasteiger partial charge < -0.3 is 9.73 Å². The summed E-state index contributed by atoms with van der Waals surface area (Å²) in [6.07, 6.45) is 1.14. The van der Waals surface area contributed by atoms with Gasteiger partial charge in [0.25, 0.3) is 0 Å². The minimum Gasteiger partial charge on any atom is -0.459 e. The van der Waals surface area contributed by atoms with Gasteiger partial charge in [-0.1, -0.05) is 40.7 Å². The van der Waals surface area contributed by atoms with Crippen LogP contribution in [-0.4, -0.2) is 6.04 Å². The molecule has 0 amide bonds. The van der Waals surface area contributed by atoms with Crippen LogP contribution in [0.3, 0.4) is 0 Å². The second kappa shape index (κ2) is 5.61. The molecule has 0 spiro atoms. The lowest BCUT2D eigenvalue weighted by atomic mass is 9.82. The second-order valence-corrected chi connectivity index (χ2v) is 6.63. The van der Waals surface area contributed by atoms with Crippen molar-refractivity contribution >= 4 is 11.0 Å². The van der Waals surface area contributed by atoms with Crippen molar-refractivity contribution in [3.8, 4) is 0 Å². The maximum atomic E-state index is 5.99. The molecule has 0 bridgehead atoms. The monoisotopic (exact) mass is 273 g/mol. The predicted molar refractivity (Wildman–Crippen MR) is 86.2 cm³/mol. The molecule has 20 heavy (non-hydrogen) atoms. The fourth-order valence-electron chi connectivity index (χ4n) is 2.36. The molecule has 1 aromatic heterocycles. The first-order valence-electron chi connectivity index (χ1n) is 7.61. The van der Waals surface area contributed by atoms with Crippen LogP contribution >= 0.6 is 0 Å². The van der Waals surface area contributed by atoms with E-state index in [9.17, 15) is 0 Å². The van der Waals surface area contributed by atoms with E-state index in [1.165, 1.54) is 16.5 Å². The van der Waals surface area contributed by atoms with Gasteiger partial charge in [0, 0.05) is 11.4 Å². The van der Waals surface area contributed by atoms with E-state index < -0.39 is 0 Å². The van der Waals surface area contributed by atoms with Crippen LogP contribution in [0.25, 0.3) is 11.0 Å². The van der Waals surface area contributed by atoms with Gasteiger partial charge in [-0.15, -0.1) is 0 Å². The van der Waals surface area contributed by atoms with Crippen molar-refractivity contribution < 1.29 is 4.42 Å². The van der Waals surface area contributed by atoms with Gasteiger partial charge in [0.15, 0.2) is 0 Å². The number of aryl methyl sites for hydroxylation is 1. The predicted octanol–water partition coefficient (Wildman–Crippen LogP) is 4.93. The third-order valence-corrected chi connectivity index (χ3v) is 4.37. The van der Waals surface area contributed by atoms with Gasteiger partial charge in [-0.3, -0.25) is 0 Å². The number of fused-ring (bicyclic) bond motifs is 1. The molecule has 0 aliphatic carbocycles. The van der Waals surface area contributed by atoms with Crippen LogP contribution in [0.2, 0.25) is 0 Å². The molecule has 2 nitrogen and oxygen atoms in total. The van der Waals surface area contributed by atoms with E-state index in [4.69, 9.17) is 4.42 Å². The van der Waals surface area contributed by atoms with E-state index >= 15 is 0 Å². The van der Waals surface area contributed by atoms with E-state index in [1.54, 1.807) is 0 Å². The Labute approximate surface area is 122 Å². The van der Waals surface area contributed by atoms with E-state index in [0.29, 0.717) is 6.04 Å². The zero-order chi connectivity index (χ0) is 14.9. The Kier molecular flexibility index (Phi) is 4.24. The summed E-state index contributed by atoms with van der Waals surface area (Å²) in [6.45, 7) is 14.1.